The minimum absolute atomic E-state index is 0.0795. The van der Waals surface area contributed by atoms with Crippen molar-refractivity contribution in [3.05, 3.63) is 25.3 Å². The number of aliphatic hydroxyl groups is 1. The van der Waals surface area contributed by atoms with Crippen molar-refractivity contribution in [1.82, 2.24) is 14.7 Å². The Balaban J connectivity index is 1.70. The minimum atomic E-state index is -1.18. The van der Waals surface area contributed by atoms with E-state index in [0.29, 0.717) is 52.1 Å². The summed E-state index contributed by atoms with van der Waals surface area (Å²) in [6, 6.07) is -1.52. The molecule has 0 aliphatic carbocycles. The molecule has 2 bridgehead atoms. The normalized spacial score (nSPS) is 34.6. The Morgan fingerprint density at radius 2 is 2.00 bits per heavy atom. The van der Waals surface area contributed by atoms with Gasteiger partial charge in [-0.2, -0.15) is 0 Å². The predicted molar refractivity (Wildman–Crippen MR) is 145 cm³/mol. The van der Waals surface area contributed by atoms with Gasteiger partial charge in [-0.05, 0) is 32.1 Å². The Kier molecular flexibility index (Phi) is 9.20. The van der Waals surface area contributed by atoms with Gasteiger partial charge in [0.2, 0.25) is 11.8 Å². The number of hydrogen-bond donors (Lipinski definition) is 1. The van der Waals surface area contributed by atoms with Gasteiger partial charge >= 0.3 is 5.97 Å². The molecule has 10 nitrogen and oxygen atoms in total. The van der Waals surface area contributed by atoms with Crippen molar-refractivity contribution in [3.8, 4) is 0 Å². The Hall–Kier alpha value is -2.27. The molecule has 4 aliphatic heterocycles. The summed E-state index contributed by atoms with van der Waals surface area (Å²) in [4.78, 5) is 47.7. The van der Waals surface area contributed by atoms with E-state index in [-0.39, 0.29) is 30.9 Å². The van der Waals surface area contributed by atoms with Crippen LogP contribution >= 0.6 is 0 Å². The molecule has 1 N–H and O–H groups in total. The van der Waals surface area contributed by atoms with Crippen LogP contribution in [-0.2, 0) is 28.6 Å². The van der Waals surface area contributed by atoms with Crippen LogP contribution in [0.25, 0.3) is 0 Å². The smallest absolute Gasteiger partial charge is 0.312 e. The number of esters is 1. The van der Waals surface area contributed by atoms with Crippen LogP contribution in [0.15, 0.2) is 25.3 Å². The van der Waals surface area contributed by atoms with E-state index in [4.69, 9.17) is 14.2 Å². The lowest BCUT2D eigenvalue weighted by molar-refractivity contribution is -0.163. The molecule has 4 heterocycles. The van der Waals surface area contributed by atoms with Crippen LogP contribution in [-0.4, -0.2) is 120 Å². The number of fused-ring (bicyclic) bond motifs is 1. The Bertz CT molecular complexity index is 949. The van der Waals surface area contributed by atoms with Crippen molar-refractivity contribution < 1.29 is 33.7 Å². The molecular weight excluding hydrogens is 502 g/mol. The molecule has 3 unspecified atom stereocenters. The van der Waals surface area contributed by atoms with Crippen LogP contribution in [0.2, 0.25) is 0 Å². The molecular formula is C29H45N3O7. The second-order valence-corrected chi connectivity index (χ2v) is 11.5. The zero-order chi connectivity index (χ0) is 28.4. The molecule has 0 aromatic carbocycles. The first kappa shape index (κ1) is 29.7. The summed E-state index contributed by atoms with van der Waals surface area (Å²) in [6.07, 6.45) is 4.80. The molecule has 7 atom stereocenters. The summed E-state index contributed by atoms with van der Waals surface area (Å²) < 4.78 is 17.8. The number of rotatable bonds is 13. The predicted octanol–water partition coefficient (Wildman–Crippen LogP) is 1.23. The molecule has 4 fully saturated rings. The van der Waals surface area contributed by atoms with Gasteiger partial charge in [-0.3, -0.25) is 19.3 Å². The molecule has 0 aromatic heterocycles. The van der Waals surface area contributed by atoms with E-state index in [2.05, 4.69) is 18.1 Å². The highest BCUT2D eigenvalue weighted by Gasteiger charge is 2.80. The van der Waals surface area contributed by atoms with Gasteiger partial charge in [-0.1, -0.05) is 26.0 Å². The topological polar surface area (TPSA) is 109 Å². The Labute approximate surface area is 231 Å². The molecule has 2 amide bonds. The number of likely N-dealkylation sites (tertiary alicyclic amines) is 1. The lowest BCUT2D eigenvalue weighted by atomic mass is 9.62. The monoisotopic (exact) mass is 547 g/mol. The van der Waals surface area contributed by atoms with Crippen LogP contribution in [0, 0.1) is 17.8 Å². The number of amides is 2. The highest BCUT2D eigenvalue weighted by Crippen LogP contribution is 2.65. The minimum Gasteiger partial charge on any atom is -0.465 e. The number of nitrogens with zero attached hydrogens (tertiary/aromatic N) is 3. The molecule has 0 radical (unpaired) electrons. The van der Waals surface area contributed by atoms with E-state index in [0.717, 1.165) is 13.1 Å². The quantitative estimate of drug-likeness (QED) is 0.208. The van der Waals surface area contributed by atoms with E-state index in [1.165, 1.54) is 4.90 Å². The van der Waals surface area contributed by atoms with Crippen LogP contribution in [0.5, 0.6) is 0 Å². The fourth-order valence-corrected chi connectivity index (χ4v) is 7.16. The Morgan fingerprint density at radius 3 is 2.62 bits per heavy atom. The standard InChI is InChI=1S/C29H45N3O7/c1-6-9-15-38-27(36)23-22-25(34)32(21(8-3)19-33)24(29(22)18-20(4)28(23,5)39-29)26(35)31(10-7-2)12-11-30-13-16-37-17-14-30/h6-7,20-24,33H,1-2,8-19H2,3-5H3/t20?,21-,22-,23+,24?,28-,29?/m0/s1. The fourth-order valence-electron chi connectivity index (χ4n) is 7.16. The molecule has 1 spiro atoms. The maximum Gasteiger partial charge on any atom is 0.312 e. The molecule has 218 valence electrons. The van der Waals surface area contributed by atoms with Gasteiger partial charge in [-0.25, -0.2) is 0 Å². The third-order valence-electron chi connectivity index (χ3n) is 9.33. The zero-order valence-electron chi connectivity index (χ0n) is 23.7. The number of ether oxygens (including phenoxy) is 3. The van der Waals surface area contributed by atoms with Gasteiger partial charge in [0.15, 0.2) is 0 Å². The highest BCUT2D eigenvalue weighted by atomic mass is 16.6. The second kappa shape index (κ2) is 12.1. The third kappa shape index (κ3) is 5.05. The van der Waals surface area contributed by atoms with E-state index >= 15 is 0 Å². The highest BCUT2D eigenvalue weighted by molar-refractivity contribution is 5.98. The summed E-state index contributed by atoms with van der Waals surface area (Å²) >= 11 is 0. The van der Waals surface area contributed by atoms with E-state index < -0.39 is 41.1 Å². The van der Waals surface area contributed by atoms with E-state index in [9.17, 15) is 19.5 Å². The average molecular weight is 548 g/mol. The number of aliphatic hydroxyl groups excluding tert-OH is 1. The summed E-state index contributed by atoms with van der Waals surface area (Å²) in [5.74, 6) is -2.80. The summed E-state index contributed by atoms with van der Waals surface area (Å²) in [6.45, 7) is 17.5. The van der Waals surface area contributed by atoms with Crippen molar-refractivity contribution in [2.24, 2.45) is 17.8 Å². The second-order valence-electron chi connectivity index (χ2n) is 11.5. The number of carbonyl (C=O) groups is 3. The van der Waals surface area contributed by atoms with E-state index in [1.807, 2.05) is 20.8 Å². The van der Waals surface area contributed by atoms with Gasteiger partial charge < -0.3 is 29.1 Å². The Morgan fingerprint density at radius 1 is 1.28 bits per heavy atom. The largest absolute Gasteiger partial charge is 0.465 e. The zero-order valence-corrected chi connectivity index (χ0v) is 23.7. The summed E-state index contributed by atoms with van der Waals surface area (Å²) in [5, 5.41) is 10.3. The summed E-state index contributed by atoms with van der Waals surface area (Å²) in [7, 11) is 0. The maximum absolute atomic E-state index is 14.5. The van der Waals surface area contributed by atoms with Crippen LogP contribution in [0.1, 0.15) is 40.0 Å². The number of morpholine rings is 1. The molecule has 10 heteroatoms. The molecule has 0 aromatic rings. The number of carbonyl (C=O) groups excluding carboxylic acids is 3. The van der Waals surface area contributed by atoms with Crippen molar-refractivity contribution in [3.63, 3.8) is 0 Å². The third-order valence-corrected chi connectivity index (χ3v) is 9.33. The average Bonchev–Trinajstić information content (AvgIpc) is 3.44. The van der Waals surface area contributed by atoms with Crippen molar-refractivity contribution in [2.75, 3.05) is 59.2 Å². The van der Waals surface area contributed by atoms with Gasteiger partial charge in [0.25, 0.3) is 0 Å². The lowest BCUT2D eigenvalue weighted by Gasteiger charge is -2.40. The first-order valence-electron chi connectivity index (χ1n) is 14.3. The van der Waals surface area contributed by atoms with Crippen molar-refractivity contribution in [2.45, 2.75) is 63.3 Å². The summed E-state index contributed by atoms with van der Waals surface area (Å²) in [5.41, 5.74) is -2.11. The number of hydrogen-bond acceptors (Lipinski definition) is 8. The lowest BCUT2D eigenvalue weighted by Crippen LogP contribution is -2.59. The van der Waals surface area contributed by atoms with Gasteiger partial charge in [0, 0.05) is 32.7 Å². The SMILES string of the molecule is C=CCCOC(=O)[C@H]1[C@H]2C(=O)N([C@@H](CC)CO)C(C(=O)N(CC=C)CCN3CCOCC3)C23CC(C)[C@]1(C)O3. The maximum atomic E-state index is 14.5. The fraction of sp³-hybridized carbons (Fsp3) is 0.759. The molecule has 39 heavy (non-hydrogen) atoms. The van der Waals surface area contributed by atoms with Crippen LogP contribution < -0.4 is 0 Å². The van der Waals surface area contributed by atoms with Crippen molar-refractivity contribution in [1.29, 1.82) is 0 Å². The van der Waals surface area contributed by atoms with Gasteiger partial charge in [0.1, 0.15) is 17.6 Å². The molecule has 0 saturated carbocycles. The molecule has 4 saturated heterocycles. The first-order chi connectivity index (χ1) is 18.7. The van der Waals surface area contributed by atoms with Gasteiger partial charge in [-0.15, -0.1) is 13.2 Å². The van der Waals surface area contributed by atoms with E-state index in [1.54, 1.807) is 17.1 Å². The first-order valence-corrected chi connectivity index (χ1v) is 14.3. The van der Waals surface area contributed by atoms with Crippen molar-refractivity contribution >= 4 is 17.8 Å². The van der Waals surface area contributed by atoms with Crippen LogP contribution in [0.3, 0.4) is 0 Å². The molecule has 4 aliphatic rings. The van der Waals surface area contributed by atoms with Crippen LogP contribution in [0.4, 0.5) is 0 Å². The van der Waals surface area contributed by atoms with Gasteiger partial charge in [0.05, 0.1) is 44.0 Å². The molecule has 4 rings (SSSR count).